The number of non-ortho nitro benzene ring substituents is 1. The highest BCUT2D eigenvalue weighted by molar-refractivity contribution is 6.31. The van der Waals surface area contributed by atoms with E-state index in [1.54, 1.807) is 13.0 Å². The first-order chi connectivity index (χ1) is 8.97. The predicted molar refractivity (Wildman–Crippen MR) is 70.5 cm³/mol. The van der Waals surface area contributed by atoms with Crippen molar-refractivity contribution >= 4 is 17.3 Å². The second kappa shape index (κ2) is 5.19. The molecule has 6 nitrogen and oxygen atoms in total. The third-order valence-electron chi connectivity index (χ3n) is 2.63. The van der Waals surface area contributed by atoms with Crippen molar-refractivity contribution in [1.82, 2.24) is 10.2 Å². The predicted octanol–water partition coefficient (Wildman–Crippen LogP) is 2.23. The number of aromatic amines is 1. The number of benzene rings is 1. The van der Waals surface area contributed by atoms with Crippen LogP contribution in [-0.2, 0) is 6.42 Å². The summed E-state index contributed by atoms with van der Waals surface area (Å²) in [6, 6.07) is 5.79. The molecular weight excluding hydrogens is 270 g/mol. The van der Waals surface area contributed by atoms with Gasteiger partial charge in [-0.05, 0) is 24.6 Å². The van der Waals surface area contributed by atoms with Gasteiger partial charge in [-0.15, -0.1) is 0 Å². The standard InChI is InChI=1S/C12H10ClN3O3/c1-7-4-9(12(17)15-14-7)5-8-6-10(16(18)19)2-3-11(8)13/h2-4,6H,5H2,1H3,(H,15,17). The molecule has 0 aliphatic carbocycles. The molecule has 0 radical (unpaired) electrons. The largest absolute Gasteiger partial charge is 0.269 e. The number of aromatic nitrogens is 2. The molecule has 98 valence electrons. The molecule has 0 bridgehead atoms. The maximum atomic E-state index is 11.6. The van der Waals surface area contributed by atoms with Crippen LogP contribution in [0.3, 0.4) is 0 Å². The van der Waals surface area contributed by atoms with Crippen LogP contribution < -0.4 is 5.56 Å². The Morgan fingerprint density at radius 1 is 1.37 bits per heavy atom. The summed E-state index contributed by atoms with van der Waals surface area (Å²) >= 11 is 5.99. The molecule has 1 aromatic carbocycles. The quantitative estimate of drug-likeness (QED) is 0.689. The normalized spacial score (nSPS) is 10.4. The van der Waals surface area contributed by atoms with Crippen molar-refractivity contribution in [2.24, 2.45) is 0 Å². The summed E-state index contributed by atoms with van der Waals surface area (Å²) in [4.78, 5) is 21.8. The van der Waals surface area contributed by atoms with Gasteiger partial charge in [0, 0.05) is 29.1 Å². The molecule has 0 saturated carbocycles. The van der Waals surface area contributed by atoms with Crippen LogP contribution in [0.15, 0.2) is 29.1 Å². The molecule has 1 N–H and O–H groups in total. The van der Waals surface area contributed by atoms with Gasteiger partial charge in [0.2, 0.25) is 0 Å². The van der Waals surface area contributed by atoms with E-state index in [9.17, 15) is 14.9 Å². The van der Waals surface area contributed by atoms with Crippen molar-refractivity contribution in [3.05, 3.63) is 66.6 Å². The topological polar surface area (TPSA) is 88.9 Å². The number of hydrogen-bond acceptors (Lipinski definition) is 4. The van der Waals surface area contributed by atoms with E-state index >= 15 is 0 Å². The Balaban J connectivity index is 2.43. The van der Waals surface area contributed by atoms with Gasteiger partial charge in [0.25, 0.3) is 11.2 Å². The SMILES string of the molecule is Cc1cc(Cc2cc([N+](=O)[O-])ccc2Cl)c(=O)[nH]n1. The Kier molecular flexibility index (Phi) is 3.62. The van der Waals surface area contributed by atoms with Crippen LogP contribution in [0, 0.1) is 17.0 Å². The van der Waals surface area contributed by atoms with Gasteiger partial charge in [-0.25, -0.2) is 5.10 Å². The molecule has 7 heteroatoms. The summed E-state index contributed by atoms with van der Waals surface area (Å²) in [5.41, 5.74) is 1.28. The van der Waals surface area contributed by atoms with Crippen LogP contribution >= 0.6 is 11.6 Å². The Morgan fingerprint density at radius 3 is 2.79 bits per heavy atom. The molecule has 0 saturated heterocycles. The highest BCUT2D eigenvalue weighted by Gasteiger charge is 2.12. The van der Waals surface area contributed by atoms with E-state index in [2.05, 4.69) is 10.2 Å². The third kappa shape index (κ3) is 2.97. The van der Waals surface area contributed by atoms with Crippen LogP contribution in [0.1, 0.15) is 16.8 Å². The number of rotatable bonds is 3. The van der Waals surface area contributed by atoms with Crippen LogP contribution in [0.5, 0.6) is 0 Å². The lowest BCUT2D eigenvalue weighted by molar-refractivity contribution is -0.384. The van der Waals surface area contributed by atoms with E-state index in [4.69, 9.17) is 11.6 Å². The zero-order chi connectivity index (χ0) is 14.0. The van der Waals surface area contributed by atoms with Gasteiger partial charge in [-0.3, -0.25) is 14.9 Å². The number of nitro benzene ring substituents is 1. The van der Waals surface area contributed by atoms with Crippen LogP contribution in [0.2, 0.25) is 5.02 Å². The first-order valence-corrected chi connectivity index (χ1v) is 5.83. The van der Waals surface area contributed by atoms with Crippen molar-refractivity contribution in [3.8, 4) is 0 Å². The molecule has 0 atom stereocenters. The number of H-pyrrole nitrogens is 1. The summed E-state index contributed by atoms with van der Waals surface area (Å²) in [7, 11) is 0. The van der Waals surface area contributed by atoms with E-state index in [1.165, 1.54) is 18.2 Å². The van der Waals surface area contributed by atoms with Crippen LogP contribution in [-0.4, -0.2) is 15.1 Å². The van der Waals surface area contributed by atoms with E-state index in [0.29, 0.717) is 21.8 Å². The lowest BCUT2D eigenvalue weighted by Gasteiger charge is -2.04. The minimum absolute atomic E-state index is 0.0541. The summed E-state index contributed by atoms with van der Waals surface area (Å²) in [6.45, 7) is 1.74. The van der Waals surface area contributed by atoms with Crippen molar-refractivity contribution < 1.29 is 4.92 Å². The molecule has 0 fully saturated rings. The molecule has 0 aliphatic rings. The van der Waals surface area contributed by atoms with Gasteiger partial charge < -0.3 is 0 Å². The van der Waals surface area contributed by atoms with Crippen molar-refractivity contribution in [3.63, 3.8) is 0 Å². The first kappa shape index (κ1) is 13.2. The highest BCUT2D eigenvalue weighted by Crippen LogP contribution is 2.23. The monoisotopic (exact) mass is 279 g/mol. The van der Waals surface area contributed by atoms with E-state index in [0.717, 1.165) is 0 Å². The summed E-state index contributed by atoms with van der Waals surface area (Å²) in [5.74, 6) is 0. The fourth-order valence-electron chi connectivity index (χ4n) is 1.71. The summed E-state index contributed by atoms with van der Waals surface area (Å²) < 4.78 is 0. The maximum Gasteiger partial charge on any atom is 0.269 e. The van der Waals surface area contributed by atoms with Crippen LogP contribution in [0.4, 0.5) is 5.69 Å². The van der Waals surface area contributed by atoms with Crippen molar-refractivity contribution in [2.45, 2.75) is 13.3 Å². The van der Waals surface area contributed by atoms with Gasteiger partial charge in [0.05, 0.1) is 10.6 Å². The fourth-order valence-corrected chi connectivity index (χ4v) is 1.89. The zero-order valence-electron chi connectivity index (χ0n) is 10.0. The minimum Gasteiger partial charge on any atom is -0.268 e. The average molecular weight is 280 g/mol. The second-order valence-electron chi connectivity index (χ2n) is 4.07. The molecular formula is C12H10ClN3O3. The van der Waals surface area contributed by atoms with E-state index in [-0.39, 0.29) is 17.7 Å². The third-order valence-corrected chi connectivity index (χ3v) is 3.00. The second-order valence-corrected chi connectivity index (χ2v) is 4.48. The number of nitrogens with zero attached hydrogens (tertiary/aromatic N) is 2. The molecule has 0 spiro atoms. The first-order valence-electron chi connectivity index (χ1n) is 5.45. The number of halogens is 1. The molecule has 0 aliphatic heterocycles. The summed E-state index contributed by atoms with van der Waals surface area (Å²) in [6.07, 6.45) is 0.221. The zero-order valence-corrected chi connectivity index (χ0v) is 10.8. The number of hydrogen-bond donors (Lipinski definition) is 1. The molecule has 2 rings (SSSR count). The maximum absolute atomic E-state index is 11.6. The lowest BCUT2D eigenvalue weighted by Crippen LogP contribution is -2.15. The Bertz CT molecular complexity index is 697. The number of nitro groups is 1. The lowest BCUT2D eigenvalue weighted by atomic mass is 10.1. The molecule has 2 aromatic rings. The van der Waals surface area contributed by atoms with E-state index < -0.39 is 4.92 Å². The molecule has 19 heavy (non-hydrogen) atoms. The van der Waals surface area contributed by atoms with Gasteiger partial charge in [0.15, 0.2) is 0 Å². The van der Waals surface area contributed by atoms with Gasteiger partial charge in [-0.1, -0.05) is 11.6 Å². The summed E-state index contributed by atoms with van der Waals surface area (Å²) in [5, 5.41) is 17.2. The Hall–Kier alpha value is -2.21. The molecule has 1 heterocycles. The smallest absolute Gasteiger partial charge is 0.268 e. The minimum atomic E-state index is -0.498. The van der Waals surface area contributed by atoms with Gasteiger partial charge in [0.1, 0.15) is 0 Å². The van der Waals surface area contributed by atoms with Gasteiger partial charge in [-0.2, -0.15) is 5.10 Å². The Morgan fingerprint density at radius 2 is 2.11 bits per heavy atom. The van der Waals surface area contributed by atoms with Crippen molar-refractivity contribution in [1.29, 1.82) is 0 Å². The number of nitrogens with one attached hydrogen (secondary N) is 1. The molecule has 0 amide bonds. The Labute approximate surface area is 113 Å². The molecule has 1 aromatic heterocycles. The van der Waals surface area contributed by atoms with Crippen molar-refractivity contribution in [2.75, 3.05) is 0 Å². The average Bonchev–Trinajstić information content (AvgIpc) is 2.36. The van der Waals surface area contributed by atoms with Crippen LogP contribution in [0.25, 0.3) is 0 Å². The fraction of sp³-hybridized carbons (Fsp3) is 0.167. The van der Waals surface area contributed by atoms with Gasteiger partial charge >= 0.3 is 0 Å². The number of aryl methyl sites for hydroxylation is 1. The van der Waals surface area contributed by atoms with E-state index in [1.807, 2.05) is 0 Å². The molecule has 0 unspecified atom stereocenters. The highest BCUT2D eigenvalue weighted by atomic mass is 35.5.